The minimum Gasteiger partial charge on any atom is -0.481 e. The van der Waals surface area contributed by atoms with E-state index in [9.17, 15) is 38.4 Å². The molecule has 0 spiro atoms. The molecule has 0 aromatic carbocycles. The van der Waals surface area contributed by atoms with Gasteiger partial charge in [0.05, 0.1) is 25.7 Å². The molecule has 1 aliphatic carbocycles. The smallest absolute Gasteiger partial charge is 0.333 e. The van der Waals surface area contributed by atoms with Crippen molar-refractivity contribution in [3.8, 4) is 0 Å². The summed E-state index contributed by atoms with van der Waals surface area (Å²) < 4.78 is 31.4. The minimum absolute atomic E-state index is 0.159. The van der Waals surface area contributed by atoms with Gasteiger partial charge in [0.15, 0.2) is 12.2 Å². The first-order valence-corrected chi connectivity index (χ1v) is 28.3. The predicted molar refractivity (Wildman–Crippen MR) is 282 cm³/mol. The Hall–Kier alpha value is -4.76. The van der Waals surface area contributed by atoms with E-state index in [-0.39, 0.29) is 63.3 Å². The van der Waals surface area contributed by atoms with Crippen LogP contribution < -0.4 is 0 Å². The average Bonchev–Trinajstić information content (AvgIpc) is 3.36. The zero-order valence-electron chi connectivity index (χ0n) is 45.9. The third-order valence-corrected chi connectivity index (χ3v) is 13.9. The van der Waals surface area contributed by atoms with Crippen molar-refractivity contribution >= 4 is 47.8 Å². The SMILES string of the molecule is C=C(C)C(=O)OCC(COC(=O)CCCCCCCCC1CCC(CCCCC)C(CCCCCCC)C1CCCCCCCCC(=O)OCC(COC(=O)C(=C)C)OC(=O)CCC(=O)O)OC(=O)CCC(=O)O. The van der Waals surface area contributed by atoms with Crippen molar-refractivity contribution < 1.29 is 77.0 Å². The van der Waals surface area contributed by atoms with E-state index in [0.717, 1.165) is 75.0 Å². The van der Waals surface area contributed by atoms with Gasteiger partial charge in [-0.3, -0.25) is 28.8 Å². The summed E-state index contributed by atoms with van der Waals surface area (Å²) >= 11 is 0. The van der Waals surface area contributed by atoms with Crippen LogP contribution in [0.1, 0.15) is 233 Å². The van der Waals surface area contributed by atoms with Crippen molar-refractivity contribution in [2.75, 3.05) is 26.4 Å². The molecule has 74 heavy (non-hydrogen) atoms. The van der Waals surface area contributed by atoms with Gasteiger partial charge in [0.25, 0.3) is 0 Å². The third-order valence-electron chi connectivity index (χ3n) is 13.9. The Morgan fingerprint density at radius 2 is 0.716 bits per heavy atom. The van der Waals surface area contributed by atoms with Gasteiger partial charge in [0, 0.05) is 24.0 Å². The number of carboxylic acid groups (broad SMARTS) is 2. The fraction of sp³-hybridized carbons (Fsp3) is 0.793. The highest BCUT2D eigenvalue weighted by atomic mass is 16.6. The van der Waals surface area contributed by atoms with Gasteiger partial charge in [-0.1, -0.05) is 155 Å². The molecule has 0 radical (unpaired) electrons. The molecule has 0 saturated heterocycles. The molecule has 424 valence electrons. The van der Waals surface area contributed by atoms with Crippen LogP contribution in [0.3, 0.4) is 0 Å². The number of hydrogen-bond donors (Lipinski definition) is 2. The van der Waals surface area contributed by atoms with Gasteiger partial charge < -0.3 is 38.6 Å². The largest absolute Gasteiger partial charge is 0.481 e. The normalized spacial score (nSPS) is 17.0. The van der Waals surface area contributed by atoms with Crippen LogP contribution in [0.15, 0.2) is 24.3 Å². The van der Waals surface area contributed by atoms with E-state index < -0.39 is 72.8 Å². The quantitative estimate of drug-likeness (QED) is 0.0250. The van der Waals surface area contributed by atoms with Gasteiger partial charge in [-0.25, -0.2) is 9.59 Å². The van der Waals surface area contributed by atoms with Gasteiger partial charge in [0.2, 0.25) is 0 Å². The van der Waals surface area contributed by atoms with Crippen LogP contribution in [-0.2, 0) is 66.8 Å². The Morgan fingerprint density at radius 1 is 0.405 bits per heavy atom. The summed E-state index contributed by atoms with van der Waals surface area (Å²) in [6.45, 7) is 13.2. The molecule has 0 aromatic heterocycles. The fourth-order valence-corrected chi connectivity index (χ4v) is 9.79. The van der Waals surface area contributed by atoms with Crippen molar-refractivity contribution in [2.24, 2.45) is 23.7 Å². The van der Waals surface area contributed by atoms with Crippen LogP contribution in [0.4, 0.5) is 0 Å². The second kappa shape index (κ2) is 42.5. The monoisotopic (exact) mass is 1050 g/mol. The van der Waals surface area contributed by atoms with E-state index in [1.807, 2.05) is 0 Å². The molecule has 0 bridgehead atoms. The lowest BCUT2D eigenvalue weighted by atomic mass is 9.61. The predicted octanol–water partition coefficient (Wildman–Crippen LogP) is 12.3. The molecule has 0 aliphatic heterocycles. The van der Waals surface area contributed by atoms with Crippen LogP contribution in [0.2, 0.25) is 0 Å². The Labute approximate surface area is 443 Å². The van der Waals surface area contributed by atoms with E-state index in [1.54, 1.807) is 0 Å². The topological polar surface area (TPSA) is 232 Å². The second-order valence-corrected chi connectivity index (χ2v) is 20.6. The molecule has 6 unspecified atom stereocenters. The third kappa shape index (κ3) is 34.7. The molecule has 0 heterocycles. The highest BCUT2D eigenvalue weighted by Gasteiger charge is 2.38. The van der Waals surface area contributed by atoms with Crippen molar-refractivity contribution in [3.63, 3.8) is 0 Å². The molecule has 1 rings (SSSR count). The van der Waals surface area contributed by atoms with Crippen LogP contribution >= 0.6 is 0 Å². The first-order chi connectivity index (χ1) is 35.5. The van der Waals surface area contributed by atoms with Crippen molar-refractivity contribution in [1.82, 2.24) is 0 Å². The maximum atomic E-state index is 12.6. The summed E-state index contributed by atoms with van der Waals surface area (Å²) in [6, 6.07) is 0. The molecule has 16 nitrogen and oxygen atoms in total. The summed E-state index contributed by atoms with van der Waals surface area (Å²) in [7, 11) is 0. The summed E-state index contributed by atoms with van der Waals surface area (Å²) in [4.78, 5) is 94.9. The zero-order chi connectivity index (χ0) is 54.9. The highest BCUT2D eigenvalue weighted by Crippen LogP contribution is 2.48. The Morgan fingerprint density at radius 3 is 1.08 bits per heavy atom. The van der Waals surface area contributed by atoms with E-state index in [0.29, 0.717) is 12.8 Å². The van der Waals surface area contributed by atoms with Crippen LogP contribution in [-0.4, -0.2) is 96.6 Å². The van der Waals surface area contributed by atoms with E-state index in [2.05, 4.69) is 27.0 Å². The van der Waals surface area contributed by atoms with Gasteiger partial charge in [0.1, 0.15) is 26.4 Å². The van der Waals surface area contributed by atoms with Gasteiger partial charge in [-0.2, -0.15) is 0 Å². The molecule has 1 aliphatic rings. The van der Waals surface area contributed by atoms with Gasteiger partial charge >= 0.3 is 47.8 Å². The van der Waals surface area contributed by atoms with Crippen molar-refractivity contribution in [2.45, 2.75) is 245 Å². The number of hydrogen-bond acceptors (Lipinski definition) is 14. The second-order valence-electron chi connectivity index (χ2n) is 20.6. The number of esters is 6. The molecule has 1 saturated carbocycles. The van der Waals surface area contributed by atoms with Crippen molar-refractivity contribution in [1.29, 1.82) is 0 Å². The molecule has 2 N–H and O–H groups in total. The molecule has 1 fully saturated rings. The molecular weight excluding hydrogens is 953 g/mol. The molecular formula is C58H96O16. The first-order valence-electron chi connectivity index (χ1n) is 28.3. The lowest BCUT2D eigenvalue weighted by Gasteiger charge is -2.44. The molecule has 0 aromatic rings. The molecule has 0 amide bonds. The first kappa shape index (κ1) is 67.3. The maximum absolute atomic E-state index is 12.6. The number of ether oxygens (including phenoxy) is 6. The van der Waals surface area contributed by atoms with E-state index in [1.165, 1.54) is 117 Å². The summed E-state index contributed by atoms with van der Waals surface area (Å²) in [5, 5.41) is 17.7. The number of aliphatic carboxylic acids is 2. The van der Waals surface area contributed by atoms with E-state index >= 15 is 0 Å². The Bertz CT molecular complexity index is 1670. The van der Waals surface area contributed by atoms with Crippen LogP contribution in [0.25, 0.3) is 0 Å². The summed E-state index contributed by atoms with van der Waals surface area (Å²) in [5.74, 6) is -3.03. The van der Waals surface area contributed by atoms with Crippen LogP contribution in [0.5, 0.6) is 0 Å². The maximum Gasteiger partial charge on any atom is 0.333 e. The zero-order valence-corrected chi connectivity index (χ0v) is 45.9. The number of unbranched alkanes of at least 4 members (excludes halogenated alkanes) is 16. The number of rotatable bonds is 46. The standard InChI is InChI=1S/C58H96O16/c1-7-9-11-16-23-29-49-45(27-21-10-8-2)33-34-46(28-22-17-12-14-19-25-31-53(63)69-39-47(41-71-57(67)43(3)4)73-55(65)37-35-51(59)60)50(49)30-24-18-13-15-20-26-32-54(64)70-40-48(42-72-58(68)44(5)6)74-56(66)38-36-52(61)62/h45-50H,3,5,7-42H2,1-2,4,6H3,(H,59,60)(H,61,62). The Kier molecular flexibility index (Phi) is 38.6. The lowest BCUT2D eigenvalue weighted by molar-refractivity contribution is -0.166. The number of carboxylic acids is 2. The highest BCUT2D eigenvalue weighted by molar-refractivity contribution is 5.87. The van der Waals surface area contributed by atoms with Gasteiger partial charge in [-0.15, -0.1) is 0 Å². The lowest BCUT2D eigenvalue weighted by Crippen LogP contribution is -2.35. The minimum atomic E-state index is -1.15. The Balaban J connectivity index is 2.68. The average molecular weight is 1050 g/mol. The number of carbonyl (C=O) groups excluding carboxylic acids is 6. The summed E-state index contributed by atoms with van der Waals surface area (Å²) in [5.41, 5.74) is 0.318. The number of carbonyl (C=O) groups is 8. The summed E-state index contributed by atoms with van der Waals surface area (Å²) in [6.07, 6.45) is 27.1. The van der Waals surface area contributed by atoms with Crippen molar-refractivity contribution in [3.05, 3.63) is 24.3 Å². The molecule has 16 heteroatoms. The van der Waals surface area contributed by atoms with Crippen LogP contribution in [0, 0.1) is 23.7 Å². The van der Waals surface area contributed by atoms with Gasteiger partial charge in [-0.05, 0) is 76.0 Å². The fourth-order valence-electron chi connectivity index (χ4n) is 9.79. The van der Waals surface area contributed by atoms with E-state index in [4.69, 9.17) is 38.6 Å². The molecule has 6 atom stereocenters.